The number of Topliss-reactive ketones (excluding diaryl/α,β-unsaturated/α-hetero) is 1. The summed E-state index contributed by atoms with van der Waals surface area (Å²) in [5.74, 6) is 0.510. The minimum Gasteiger partial charge on any atom is -0.306 e. The molecule has 0 aromatic carbocycles. The molecule has 2 atom stereocenters. The normalized spacial score (nSPS) is 29.3. The van der Waals surface area contributed by atoms with Gasteiger partial charge < -0.3 is 5.32 Å². The zero-order chi connectivity index (χ0) is 14.2. The summed E-state index contributed by atoms with van der Waals surface area (Å²) in [6, 6.07) is 0. The molecule has 0 aromatic heterocycles. The van der Waals surface area contributed by atoms with Crippen molar-refractivity contribution in [3.05, 3.63) is 0 Å². The van der Waals surface area contributed by atoms with Crippen molar-refractivity contribution in [3.63, 3.8) is 0 Å². The van der Waals surface area contributed by atoms with Gasteiger partial charge in [-0.05, 0) is 39.5 Å². The second-order valence-corrected chi connectivity index (χ2v) is 7.34. The molecule has 0 bridgehead atoms. The van der Waals surface area contributed by atoms with Crippen molar-refractivity contribution < 1.29 is 4.79 Å². The van der Waals surface area contributed by atoms with Gasteiger partial charge in [0.2, 0.25) is 0 Å². The monoisotopic (exact) mass is 253 g/mol. The van der Waals surface area contributed by atoms with E-state index >= 15 is 0 Å². The Hall–Kier alpha value is -0.370. The Morgan fingerprint density at radius 2 is 1.83 bits per heavy atom. The van der Waals surface area contributed by atoms with Crippen LogP contribution in [0.5, 0.6) is 0 Å². The van der Waals surface area contributed by atoms with Crippen LogP contribution >= 0.6 is 0 Å². The third kappa shape index (κ3) is 2.79. The number of rotatable bonds is 5. The maximum Gasteiger partial charge on any atom is 0.143 e. The van der Waals surface area contributed by atoms with Crippen LogP contribution in [0.3, 0.4) is 0 Å². The lowest BCUT2D eigenvalue weighted by atomic mass is 9.70. The van der Waals surface area contributed by atoms with Gasteiger partial charge in [-0.15, -0.1) is 0 Å². The maximum atomic E-state index is 12.7. The third-order valence-electron chi connectivity index (χ3n) is 5.19. The number of carbonyl (C=O) groups is 1. The van der Waals surface area contributed by atoms with Crippen molar-refractivity contribution in [3.8, 4) is 0 Å². The molecule has 1 rings (SSSR count). The van der Waals surface area contributed by atoms with Gasteiger partial charge in [0.1, 0.15) is 5.78 Å². The predicted octanol–water partition coefficient (Wildman–Crippen LogP) is 3.94. The summed E-state index contributed by atoms with van der Waals surface area (Å²) in [4.78, 5) is 12.7. The van der Waals surface area contributed by atoms with E-state index in [1.54, 1.807) is 0 Å². The van der Waals surface area contributed by atoms with Crippen LogP contribution < -0.4 is 5.32 Å². The fraction of sp³-hybridized carbons (Fsp3) is 0.938. The molecule has 1 N–H and O–H groups in total. The van der Waals surface area contributed by atoms with E-state index in [1.165, 1.54) is 0 Å². The van der Waals surface area contributed by atoms with E-state index in [1.807, 2.05) is 0 Å². The summed E-state index contributed by atoms with van der Waals surface area (Å²) in [7, 11) is 0. The molecule has 0 saturated carbocycles. The largest absolute Gasteiger partial charge is 0.306 e. The average molecular weight is 253 g/mol. The summed E-state index contributed by atoms with van der Waals surface area (Å²) < 4.78 is 0. The highest BCUT2D eigenvalue weighted by atomic mass is 16.1. The van der Waals surface area contributed by atoms with E-state index in [0.29, 0.717) is 5.78 Å². The summed E-state index contributed by atoms with van der Waals surface area (Å²) in [6.07, 6.45) is 4.22. The highest BCUT2D eigenvalue weighted by Crippen LogP contribution is 2.41. The van der Waals surface area contributed by atoms with Gasteiger partial charge in [0.25, 0.3) is 0 Å². The fourth-order valence-corrected chi connectivity index (χ4v) is 3.24. The molecule has 1 unspecified atom stereocenters. The quantitative estimate of drug-likeness (QED) is 0.804. The molecule has 2 heteroatoms. The lowest BCUT2D eigenvalue weighted by Gasteiger charge is -2.40. The summed E-state index contributed by atoms with van der Waals surface area (Å²) >= 11 is 0. The first-order valence-corrected chi connectivity index (χ1v) is 7.44. The molecule has 0 amide bonds. The Bertz CT molecular complexity index is 319. The number of carbonyl (C=O) groups excluding carboxylic acids is 1. The smallest absolute Gasteiger partial charge is 0.143 e. The Morgan fingerprint density at radius 1 is 1.28 bits per heavy atom. The number of ketones is 1. The molecule has 2 nitrogen and oxygen atoms in total. The summed E-state index contributed by atoms with van der Waals surface area (Å²) in [5, 5.41) is 3.75. The van der Waals surface area contributed by atoms with Gasteiger partial charge in [-0.2, -0.15) is 0 Å². The molecule has 1 saturated heterocycles. The molecule has 1 aliphatic heterocycles. The van der Waals surface area contributed by atoms with Crippen LogP contribution in [0.1, 0.15) is 74.1 Å². The Morgan fingerprint density at radius 3 is 2.17 bits per heavy atom. The van der Waals surface area contributed by atoms with Crippen molar-refractivity contribution in [2.24, 2.45) is 11.3 Å². The Labute approximate surface area is 113 Å². The van der Waals surface area contributed by atoms with Crippen molar-refractivity contribution in [2.45, 2.75) is 85.2 Å². The van der Waals surface area contributed by atoms with Gasteiger partial charge >= 0.3 is 0 Å². The van der Waals surface area contributed by atoms with Crippen molar-refractivity contribution in [1.29, 1.82) is 0 Å². The molecular weight excluding hydrogens is 222 g/mol. The first kappa shape index (κ1) is 15.7. The fourth-order valence-electron chi connectivity index (χ4n) is 3.24. The number of nitrogens with one attached hydrogen (secondary N) is 1. The SMILES string of the molecule is CCC(C)(C)C(=O)C(C)[C@]1(CC)CCC(C)(C)N1. The molecule has 1 heterocycles. The zero-order valence-electron chi connectivity index (χ0n) is 13.3. The second kappa shape index (κ2) is 4.96. The minimum absolute atomic E-state index is 0.00697. The standard InChI is InChI=1S/C16H31NO/c1-8-14(4,5)13(18)12(3)16(9-2)11-10-15(6,7)17-16/h12,17H,8-11H2,1-7H3/t12?,16-/m0/s1. The van der Waals surface area contributed by atoms with Gasteiger partial charge in [-0.25, -0.2) is 0 Å². The number of hydrogen-bond donors (Lipinski definition) is 1. The first-order valence-electron chi connectivity index (χ1n) is 7.44. The summed E-state index contributed by atoms with van der Waals surface area (Å²) in [6.45, 7) is 15.1. The van der Waals surface area contributed by atoms with E-state index in [-0.39, 0.29) is 22.4 Å². The zero-order valence-corrected chi connectivity index (χ0v) is 13.3. The van der Waals surface area contributed by atoms with E-state index < -0.39 is 0 Å². The molecule has 0 spiro atoms. The lowest BCUT2D eigenvalue weighted by Crippen LogP contribution is -2.55. The molecule has 0 aromatic rings. The van der Waals surface area contributed by atoms with E-state index in [0.717, 1.165) is 25.7 Å². The highest BCUT2D eigenvalue weighted by molar-refractivity contribution is 5.87. The molecule has 1 aliphatic rings. The van der Waals surface area contributed by atoms with Crippen LogP contribution in [0.25, 0.3) is 0 Å². The third-order valence-corrected chi connectivity index (χ3v) is 5.19. The van der Waals surface area contributed by atoms with Crippen molar-refractivity contribution >= 4 is 5.78 Å². The van der Waals surface area contributed by atoms with Crippen LogP contribution in [0, 0.1) is 11.3 Å². The molecule has 1 fully saturated rings. The van der Waals surface area contributed by atoms with Gasteiger partial charge in [0, 0.05) is 22.4 Å². The molecule has 106 valence electrons. The van der Waals surface area contributed by atoms with E-state index in [2.05, 4.69) is 53.8 Å². The highest BCUT2D eigenvalue weighted by Gasteiger charge is 2.48. The van der Waals surface area contributed by atoms with Crippen LogP contribution in [0.15, 0.2) is 0 Å². The molecular formula is C16H31NO. The van der Waals surface area contributed by atoms with Crippen LogP contribution in [-0.4, -0.2) is 16.9 Å². The summed E-state index contributed by atoms with van der Waals surface area (Å²) in [5.41, 5.74) is -0.0239. The van der Waals surface area contributed by atoms with E-state index in [4.69, 9.17) is 0 Å². The van der Waals surface area contributed by atoms with Crippen LogP contribution in [0.2, 0.25) is 0 Å². The van der Waals surface area contributed by atoms with E-state index in [9.17, 15) is 4.79 Å². The lowest BCUT2D eigenvalue weighted by molar-refractivity contribution is -0.133. The van der Waals surface area contributed by atoms with Gasteiger partial charge in [-0.3, -0.25) is 4.79 Å². The van der Waals surface area contributed by atoms with Crippen molar-refractivity contribution in [2.75, 3.05) is 0 Å². The van der Waals surface area contributed by atoms with Gasteiger partial charge in [0.15, 0.2) is 0 Å². The van der Waals surface area contributed by atoms with Crippen molar-refractivity contribution in [1.82, 2.24) is 5.32 Å². The topological polar surface area (TPSA) is 29.1 Å². The van der Waals surface area contributed by atoms with Crippen LogP contribution in [-0.2, 0) is 4.79 Å². The molecule has 18 heavy (non-hydrogen) atoms. The van der Waals surface area contributed by atoms with Gasteiger partial charge in [0.05, 0.1) is 0 Å². The van der Waals surface area contributed by atoms with Gasteiger partial charge in [-0.1, -0.05) is 34.6 Å². The second-order valence-electron chi connectivity index (χ2n) is 7.34. The first-order chi connectivity index (χ1) is 8.10. The molecule has 0 aliphatic carbocycles. The average Bonchev–Trinajstić information content (AvgIpc) is 2.64. The predicted molar refractivity (Wildman–Crippen MR) is 77.7 cm³/mol. The van der Waals surface area contributed by atoms with Crippen LogP contribution in [0.4, 0.5) is 0 Å². The maximum absolute atomic E-state index is 12.7. The minimum atomic E-state index is -0.198. The Kier molecular flexibility index (Phi) is 4.32. The number of hydrogen-bond acceptors (Lipinski definition) is 2. The Balaban J connectivity index is 2.94. The molecule has 0 radical (unpaired) electrons.